The van der Waals surface area contributed by atoms with Crippen molar-refractivity contribution < 1.29 is 4.74 Å². The van der Waals surface area contributed by atoms with Gasteiger partial charge < -0.3 is 9.72 Å². The van der Waals surface area contributed by atoms with E-state index >= 15 is 0 Å². The molecule has 0 fully saturated rings. The fourth-order valence-corrected chi connectivity index (χ4v) is 1.09. The number of ether oxygens (including phenoxy) is 1. The molecule has 0 atom stereocenters. The topological polar surface area (TPSA) is 55.0 Å². The maximum atomic E-state index is 11.3. The van der Waals surface area contributed by atoms with Gasteiger partial charge in [0.25, 0.3) is 5.56 Å². The van der Waals surface area contributed by atoms with Crippen molar-refractivity contribution in [3.8, 4) is 5.88 Å². The van der Waals surface area contributed by atoms with Gasteiger partial charge in [0.1, 0.15) is 11.4 Å². The standard InChI is InChI=1S/C11H18N2O2/c1-7(2)10-12-8(14)6-9(13-10)15-11(3,4)5/h6-7H,1-5H3,(H,12,13,14). The van der Waals surface area contributed by atoms with Gasteiger partial charge in [0.15, 0.2) is 0 Å². The van der Waals surface area contributed by atoms with Crippen molar-refractivity contribution in [1.29, 1.82) is 0 Å². The van der Waals surface area contributed by atoms with Crippen LogP contribution in [0.3, 0.4) is 0 Å². The molecule has 4 heteroatoms. The highest BCUT2D eigenvalue weighted by Crippen LogP contribution is 2.15. The average molecular weight is 210 g/mol. The Hall–Kier alpha value is -1.32. The van der Waals surface area contributed by atoms with Crippen molar-refractivity contribution in [2.45, 2.75) is 46.1 Å². The van der Waals surface area contributed by atoms with Gasteiger partial charge in [0, 0.05) is 5.92 Å². The van der Waals surface area contributed by atoms with E-state index in [-0.39, 0.29) is 17.1 Å². The van der Waals surface area contributed by atoms with Crippen LogP contribution in [0, 0.1) is 0 Å². The van der Waals surface area contributed by atoms with Crippen LogP contribution in [0.1, 0.15) is 46.4 Å². The maximum Gasteiger partial charge on any atom is 0.254 e. The first-order chi connectivity index (χ1) is 6.78. The number of nitrogens with one attached hydrogen (secondary N) is 1. The average Bonchev–Trinajstić information content (AvgIpc) is 1.99. The zero-order valence-electron chi connectivity index (χ0n) is 9.92. The van der Waals surface area contributed by atoms with Crippen molar-refractivity contribution in [2.24, 2.45) is 0 Å². The Balaban J connectivity index is 3.05. The molecule has 0 aromatic carbocycles. The minimum atomic E-state index is -0.338. The molecule has 0 saturated carbocycles. The van der Waals surface area contributed by atoms with E-state index in [0.717, 1.165) is 0 Å². The first-order valence-electron chi connectivity index (χ1n) is 5.08. The summed E-state index contributed by atoms with van der Waals surface area (Å²) in [6, 6.07) is 1.37. The van der Waals surface area contributed by atoms with E-state index in [4.69, 9.17) is 4.74 Å². The van der Waals surface area contributed by atoms with E-state index in [1.54, 1.807) is 0 Å². The van der Waals surface area contributed by atoms with Gasteiger partial charge in [-0.25, -0.2) is 0 Å². The van der Waals surface area contributed by atoms with Crippen LogP contribution in [-0.4, -0.2) is 15.6 Å². The third-order valence-corrected chi connectivity index (χ3v) is 1.69. The van der Waals surface area contributed by atoms with Gasteiger partial charge in [0.05, 0.1) is 6.07 Å². The number of hydrogen-bond donors (Lipinski definition) is 1. The minimum absolute atomic E-state index is 0.173. The lowest BCUT2D eigenvalue weighted by molar-refractivity contribution is 0.123. The molecule has 15 heavy (non-hydrogen) atoms. The van der Waals surface area contributed by atoms with Gasteiger partial charge >= 0.3 is 0 Å². The highest BCUT2D eigenvalue weighted by atomic mass is 16.5. The number of H-pyrrole nitrogens is 1. The Kier molecular flexibility index (Phi) is 3.17. The van der Waals surface area contributed by atoms with Crippen molar-refractivity contribution >= 4 is 0 Å². The monoisotopic (exact) mass is 210 g/mol. The molecule has 0 aliphatic carbocycles. The lowest BCUT2D eigenvalue weighted by atomic mass is 10.2. The molecule has 0 aliphatic heterocycles. The quantitative estimate of drug-likeness (QED) is 0.813. The van der Waals surface area contributed by atoms with Crippen LogP contribution in [0.25, 0.3) is 0 Å². The molecule has 0 spiro atoms. The Morgan fingerprint density at radius 1 is 1.40 bits per heavy atom. The van der Waals surface area contributed by atoms with Gasteiger partial charge in [-0.05, 0) is 20.8 Å². The van der Waals surface area contributed by atoms with Crippen LogP contribution in [0.4, 0.5) is 0 Å². The van der Waals surface area contributed by atoms with Crippen LogP contribution in [0.5, 0.6) is 5.88 Å². The zero-order valence-corrected chi connectivity index (χ0v) is 9.92. The highest BCUT2D eigenvalue weighted by Gasteiger charge is 2.14. The summed E-state index contributed by atoms with van der Waals surface area (Å²) < 4.78 is 5.54. The molecule has 1 aromatic heterocycles. The summed E-state index contributed by atoms with van der Waals surface area (Å²) in [6.45, 7) is 9.71. The second-order valence-corrected chi connectivity index (χ2v) is 4.84. The van der Waals surface area contributed by atoms with Gasteiger partial charge in [-0.3, -0.25) is 4.79 Å². The molecule has 0 aliphatic rings. The smallest absolute Gasteiger partial charge is 0.254 e. The molecule has 4 nitrogen and oxygen atoms in total. The molecular formula is C11H18N2O2. The normalized spacial score (nSPS) is 11.9. The molecular weight excluding hydrogens is 192 g/mol. The van der Waals surface area contributed by atoms with E-state index in [9.17, 15) is 4.79 Å². The molecule has 0 radical (unpaired) electrons. The third-order valence-electron chi connectivity index (χ3n) is 1.69. The number of rotatable bonds is 2. The Bertz CT molecular complexity index is 388. The second-order valence-electron chi connectivity index (χ2n) is 4.84. The van der Waals surface area contributed by atoms with Gasteiger partial charge in [-0.1, -0.05) is 13.8 Å². The van der Waals surface area contributed by atoms with Crippen LogP contribution in [0.15, 0.2) is 10.9 Å². The van der Waals surface area contributed by atoms with Crippen LogP contribution < -0.4 is 10.3 Å². The number of hydrogen-bond acceptors (Lipinski definition) is 3. The van der Waals surface area contributed by atoms with E-state index in [2.05, 4.69) is 9.97 Å². The number of aromatic nitrogens is 2. The summed E-state index contributed by atoms with van der Waals surface area (Å²) in [7, 11) is 0. The molecule has 1 rings (SSSR count). The summed E-state index contributed by atoms with van der Waals surface area (Å²) in [6.07, 6.45) is 0. The Labute approximate surface area is 89.7 Å². The highest BCUT2D eigenvalue weighted by molar-refractivity contribution is 5.11. The predicted octanol–water partition coefficient (Wildman–Crippen LogP) is 2.07. The molecule has 0 unspecified atom stereocenters. The summed E-state index contributed by atoms with van der Waals surface area (Å²) in [4.78, 5) is 18.3. The Morgan fingerprint density at radius 3 is 2.47 bits per heavy atom. The fraction of sp³-hybridized carbons (Fsp3) is 0.636. The van der Waals surface area contributed by atoms with Crippen molar-refractivity contribution in [1.82, 2.24) is 9.97 Å². The van der Waals surface area contributed by atoms with Crippen LogP contribution >= 0.6 is 0 Å². The molecule has 0 amide bonds. The molecule has 0 bridgehead atoms. The van der Waals surface area contributed by atoms with Gasteiger partial charge in [-0.15, -0.1) is 0 Å². The molecule has 1 N–H and O–H groups in total. The summed E-state index contributed by atoms with van der Waals surface area (Å²) in [5.74, 6) is 1.22. The first-order valence-corrected chi connectivity index (χ1v) is 5.08. The number of nitrogens with zero attached hydrogens (tertiary/aromatic N) is 1. The lowest BCUT2D eigenvalue weighted by Gasteiger charge is -2.20. The minimum Gasteiger partial charge on any atom is -0.472 e. The fourth-order valence-electron chi connectivity index (χ4n) is 1.09. The zero-order chi connectivity index (χ0) is 11.6. The van der Waals surface area contributed by atoms with Gasteiger partial charge in [0.2, 0.25) is 5.88 Å². The summed E-state index contributed by atoms with van der Waals surface area (Å²) >= 11 is 0. The van der Waals surface area contributed by atoms with Crippen LogP contribution in [-0.2, 0) is 0 Å². The largest absolute Gasteiger partial charge is 0.472 e. The molecule has 1 heterocycles. The molecule has 84 valence electrons. The Morgan fingerprint density at radius 2 is 2.00 bits per heavy atom. The molecule has 1 aromatic rings. The number of aromatic amines is 1. The van der Waals surface area contributed by atoms with Crippen molar-refractivity contribution in [3.05, 3.63) is 22.2 Å². The van der Waals surface area contributed by atoms with E-state index in [0.29, 0.717) is 11.7 Å². The summed E-state index contributed by atoms with van der Waals surface area (Å²) in [5.41, 5.74) is -0.511. The van der Waals surface area contributed by atoms with Gasteiger partial charge in [-0.2, -0.15) is 4.98 Å². The third kappa shape index (κ3) is 3.73. The van der Waals surface area contributed by atoms with E-state index < -0.39 is 0 Å². The predicted molar refractivity (Wildman–Crippen MR) is 59.3 cm³/mol. The van der Waals surface area contributed by atoms with Crippen molar-refractivity contribution in [2.75, 3.05) is 0 Å². The lowest BCUT2D eigenvalue weighted by Crippen LogP contribution is -2.25. The first kappa shape index (κ1) is 11.8. The summed E-state index contributed by atoms with van der Waals surface area (Å²) in [5, 5.41) is 0. The van der Waals surface area contributed by atoms with Crippen molar-refractivity contribution in [3.63, 3.8) is 0 Å². The maximum absolute atomic E-state index is 11.3. The van der Waals surface area contributed by atoms with E-state index in [1.807, 2.05) is 34.6 Å². The van der Waals surface area contributed by atoms with E-state index in [1.165, 1.54) is 6.07 Å². The van der Waals surface area contributed by atoms with Crippen LogP contribution in [0.2, 0.25) is 0 Å². The second kappa shape index (κ2) is 4.04. The SMILES string of the molecule is CC(C)c1nc(OC(C)(C)C)cc(=O)[nH]1. The molecule has 0 saturated heterocycles.